The molecule has 5 rings (SSSR count). The Bertz CT molecular complexity index is 1140. The van der Waals surface area contributed by atoms with Gasteiger partial charge in [-0.25, -0.2) is 4.79 Å². The molecule has 1 N–H and O–H groups in total. The van der Waals surface area contributed by atoms with Crippen LogP contribution in [0.3, 0.4) is 0 Å². The maximum atomic E-state index is 12.7. The van der Waals surface area contributed by atoms with Gasteiger partial charge in [0.25, 0.3) is 5.56 Å². The van der Waals surface area contributed by atoms with Gasteiger partial charge in [-0.1, -0.05) is 36.4 Å². The number of carbonyl (C=O) groups is 1. The van der Waals surface area contributed by atoms with Crippen molar-refractivity contribution in [1.82, 2.24) is 4.57 Å². The predicted molar refractivity (Wildman–Crippen MR) is 108 cm³/mol. The average molecular weight is 393 g/mol. The van der Waals surface area contributed by atoms with Crippen molar-refractivity contribution in [3.8, 4) is 5.75 Å². The fourth-order valence-corrected chi connectivity index (χ4v) is 5.34. The first kappa shape index (κ1) is 17.4. The molecule has 142 valence electrons. The van der Waals surface area contributed by atoms with E-state index in [9.17, 15) is 14.7 Å². The number of carboxylic acid groups (broad SMARTS) is 1. The van der Waals surface area contributed by atoms with Crippen molar-refractivity contribution < 1.29 is 14.6 Å². The summed E-state index contributed by atoms with van der Waals surface area (Å²) < 4.78 is 7.60. The highest BCUT2D eigenvalue weighted by Gasteiger charge is 2.37. The van der Waals surface area contributed by atoms with E-state index in [2.05, 4.69) is 0 Å². The molecule has 2 heterocycles. The molecule has 1 atom stereocenters. The van der Waals surface area contributed by atoms with Crippen molar-refractivity contribution >= 4 is 28.5 Å². The number of rotatable bonds is 5. The first-order chi connectivity index (χ1) is 13.6. The van der Waals surface area contributed by atoms with Crippen molar-refractivity contribution in [3.05, 3.63) is 70.0 Å². The van der Waals surface area contributed by atoms with E-state index in [0.29, 0.717) is 18.3 Å². The zero-order chi connectivity index (χ0) is 19.3. The summed E-state index contributed by atoms with van der Waals surface area (Å²) in [6, 6.07) is 14.8. The Hall–Kier alpha value is -2.73. The first-order valence-corrected chi connectivity index (χ1v) is 10.4. The molecule has 1 saturated carbocycles. The topological polar surface area (TPSA) is 68.5 Å². The SMILES string of the molecule is O=C(O)[C@@H]1CSc2c(C3CC3)c(COc3cccc4ccccc34)cc(=O)n21. The Balaban J connectivity index is 1.53. The lowest BCUT2D eigenvalue weighted by molar-refractivity contribution is -0.140. The molecule has 5 nitrogen and oxygen atoms in total. The van der Waals surface area contributed by atoms with Crippen LogP contribution in [-0.4, -0.2) is 21.4 Å². The second-order valence-electron chi connectivity index (χ2n) is 7.30. The van der Waals surface area contributed by atoms with Crippen LogP contribution in [0.25, 0.3) is 10.8 Å². The van der Waals surface area contributed by atoms with Crippen LogP contribution in [-0.2, 0) is 11.4 Å². The van der Waals surface area contributed by atoms with E-state index in [4.69, 9.17) is 4.74 Å². The quantitative estimate of drug-likeness (QED) is 0.704. The molecule has 2 aromatic carbocycles. The smallest absolute Gasteiger partial charge is 0.327 e. The van der Waals surface area contributed by atoms with Gasteiger partial charge in [-0.2, -0.15) is 0 Å². The van der Waals surface area contributed by atoms with E-state index < -0.39 is 12.0 Å². The highest BCUT2D eigenvalue weighted by molar-refractivity contribution is 7.99. The number of nitrogens with zero attached hydrogens (tertiary/aromatic N) is 1. The normalized spacial score (nSPS) is 18.2. The number of hydrogen-bond acceptors (Lipinski definition) is 4. The van der Waals surface area contributed by atoms with Gasteiger partial charge in [0, 0.05) is 22.8 Å². The highest BCUT2D eigenvalue weighted by Crippen LogP contribution is 2.48. The number of thioether (sulfide) groups is 1. The number of fused-ring (bicyclic) bond motifs is 2. The van der Waals surface area contributed by atoms with Crippen LogP contribution >= 0.6 is 11.8 Å². The minimum atomic E-state index is -0.949. The number of hydrogen-bond donors (Lipinski definition) is 1. The summed E-state index contributed by atoms with van der Waals surface area (Å²) in [6.45, 7) is 0.307. The van der Waals surface area contributed by atoms with Gasteiger partial charge < -0.3 is 9.84 Å². The maximum Gasteiger partial charge on any atom is 0.327 e. The van der Waals surface area contributed by atoms with Crippen LogP contribution in [0.1, 0.15) is 35.9 Å². The number of aromatic nitrogens is 1. The molecule has 1 aliphatic heterocycles. The maximum absolute atomic E-state index is 12.7. The summed E-state index contributed by atoms with van der Waals surface area (Å²) in [6.07, 6.45) is 2.15. The van der Waals surface area contributed by atoms with Crippen LogP contribution in [0, 0.1) is 0 Å². The molecule has 28 heavy (non-hydrogen) atoms. The Labute approximate surface area is 165 Å². The molecule has 0 unspecified atom stereocenters. The third-order valence-corrected chi connectivity index (χ3v) is 6.60. The lowest BCUT2D eigenvalue weighted by atomic mass is 10.1. The zero-order valence-corrected chi connectivity index (χ0v) is 15.9. The van der Waals surface area contributed by atoms with Crippen LogP contribution in [0.2, 0.25) is 0 Å². The molecule has 1 fully saturated rings. The van der Waals surface area contributed by atoms with Crippen molar-refractivity contribution in [1.29, 1.82) is 0 Å². The van der Waals surface area contributed by atoms with Crippen molar-refractivity contribution in [2.24, 2.45) is 0 Å². The van der Waals surface area contributed by atoms with Gasteiger partial charge in [0.2, 0.25) is 0 Å². The minimum Gasteiger partial charge on any atom is -0.488 e. The van der Waals surface area contributed by atoms with E-state index in [1.807, 2.05) is 42.5 Å². The number of benzene rings is 2. The molecule has 0 saturated heterocycles. The van der Waals surface area contributed by atoms with Crippen molar-refractivity contribution in [2.45, 2.75) is 36.4 Å². The molecule has 3 aromatic rings. The van der Waals surface area contributed by atoms with Crippen LogP contribution < -0.4 is 10.3 Å². The minimum absolute atomic E-state index is 0.256. The van der Waals surface area contributed by atoms with Gasteiger partial charge in [-0.05, 0) is 35.8 Å². The fourth-order valence-electron chi connectivity index (χ4n) is 3.93. The summed E-state index contributed by atoms with van der Waals surface area (Å²) in [4.78, 5) is 24.2. The van der Waals surface area contributed by atoms with Gasteiger partial charge in [-0.15, -0.1) is 11.8 Å². The second-order valence-corrected chi connectivity index (χ2v) is 8.31. The van der Waals surface area contributed by atoms with Gasteiger partial charge in [0.15, 0.2) is 0 Å². The van der Waals surface area contributed by atoms with Gasteiger partial charge in [0.1, 0.15) is 18.4 Å². The molecule has 1 aromatic heterocycles. The Morgan fingerprint density at radius 1 is 1.18 bits per heavy atom. The molecule has 0 amide bonds. The summed E-state index contributed by atoms with van der Waals surface area (Å²) in [7, 11) is 0. The Morgan fingerprint density at radius 2 is 1.96 bits per heavy atom. The summed E-state index contributed by atoms with van der Waals surface area (Å²) in [5.74, 6) is 0.636. The molecular weight excluding hydrogens is 374 g/mol. The molecule has 6 heteroatoms. The molecule has 1 aliphatic carbocycles. The third kappa shape index (κ3) is 2.88. The molecule has 0 radical (unpaired) electrons. The lowest BCUT2D eigenvalue weighted by Gasteiger charge is -2.17. The van der Waals surface area contributed by atoms with E-state index >= 15 is 0 Å². The highest BCUT2D eigenvalue weighted by atomic mass is 32.2. The fraction of sp³-hybridized carbons (Fsp3) is 0.273. The standard InChI is InChI=1S/C22H19NO4S/c24-19-10-15(11-27-18-7-3-5-13-4-1-2-6-16(13)18)20(14-8-9-14)21-23(19)17(12-28-21)22(25)26/h1-7,10,14,17H,8-9,11-12H2,(H,25,26)/t17-/m0/s1. The number of carboxylic acids is 1. The van der Waals surface area contributed by atoms with Gasteiger partial charge >= 0.3 is 5.97 Å². The van der Waals surface area contributed by atoms with Crippen LogP contribution in [0.4, 0.5) is 0 Å². The zero-order valence-electron chi connectivity index (χ0n) is 15.1. The second kappa shape index (κ2) is 6.71. The Morgan fingerprint density at radius 3 is 2.75 bits per heavy atom. The van der Waals surface area contributed by atoms with Gasteiger partial charge in [0.05, 0.1) is 5.03 Å². The monoisotopic (exact) mass is 393 g/mol. The summed E-state index contributed by atoms with van der Waals surface area (Å²) in [5.41, 5.74) is 1.73. The third-order valence-electron chi connectivity index (χ3n) is 5.42. The van der Waals surface area contributed by atoms with E-state index in [-0.39, 0.29) is 5.56 Å². The Kier molecular flexibility index (Phi) is 4.16. The molecule has 0 bridgehead atoms. The average Bonchev–Trinajstić information content (AvgIpc) is 3.42. The molecule has 0 spiro atoms. The molecule has 2 aliphatic rings. The van der Waals surface area contributed by atoms with Gasteiger partial charge in [-0.3, -0.25) is 9.36 Å². The first-order valence-electron chi connectivity index (χ1n) is 9.38. The summed E-state index contributed by atoms with van der Waals surface area (Å²) in [5, 5.41) is 12.4. The van der Waals surface area contributed by atoms with Crippen LogP contribution in [0.15, 0.2) is 58.4 Å². The number of ether oxygens (including phenoxy) is 1. The predicted octanol–water partition coefficient (Wildman–Crippen LogP) is 4.19. The van der Waals surface area contributed by atoms with Crippen molar-refractivity contribution in [3.63, 3.8) is 0 Å². The largest absolute Gasteiger partial charge is 0.488 e. The van der Waals surface area contributed by atoms with E-state index in [1.54, 1.807) is 6.07 Å². The number of pyridine rings is 1. The molecular formula is C22H19NO4S. The summed E-state index contributed by atoms with van der Waals surface area (Å²) >= 11 is 1.48. The van der Waals surface area contributed by atoms with Crippen molar-refractivity contribution in [2.75, 3.05) is 5.75 Å². The lowest BCUT2D eigenvalue weighted by Crippen LogP contribution is -2.29. The van der Waals surface area contributed by atoms with E-state index in [0.717, 1.165) is 45.5 Å². The van der Waals surface area contributed by atoms with E-state index in [1.165, 1.54) is 16.3 Å². The van der Waals surface area contributed by atoms with Crippen LogP contribution in [0.5, 0.6) is 5.75 Å². The number of aliphatic carboxylic acids is 1.